The normalized spacial score (nSPS) is 14.9. The first-order valence-electron chi connectivity index (χ1n) is 6.70. The van der Waals surface area contributed by atoms with E-state index in [0.717, 1.165) is 31.0 Å². The molecule has 0 spiro atoms. The molecule has 0 radical (unpaired) electrons. The van der Waals surface area contributed by atoms with E-state index in [9.17, 15) is 0 Å². The molecule has 0 bridgehead atoms. The molecule has 0 amide bonds. The van der Waals surface area contributed by atoms with Crippen molar-refractivity contribution in [3.8, 4) is 0 Å². The fraction of sp³-hybridized carbons (Fsp3) is 0.600. The Morgan fingerprint density at radius 1 is 1.29 bits per heavy atom. The largest absolute Gasteiger partial charge is 0.302 e. The van der Waals surface area contributed by atoms with Crippen molar-refractivity contribution in [3.05, 3.63) is 33.8 Å². The van der Waals surface area contributed by atoms with Gasteiger partial charge in [0.1, 0.15) is 0 Å². The Morgan fingerprint density at radius 3 is 2.65 bits per heavy atom. The van der Waals surface area contributed by atoms with Crippen LogP contribution in [0.2, 0.25) is 5.02 Å². The molecule has 0 aliphatic carbocycles. The van der Waals surface area contributed by atoms with Crippen molar-refractivity contribution in [2.75, 3.05) is 13.6 Å². The van der Waals surface area contributed by atoms with Gasteiger partial charge >= 0.3 is 0 Å². The topological polar surface area (TPSA) is 3.24 Å². The van der Waals surface area contributed by atoms with Crippen LogP contribution in [-0.2, 0) is 19.4 Å². The number of halogens is 1. The zero-order valence-corrected chi connectivity index (χ0v) is 12.3. The minimum Gasteiger partial charge on any atom is -0.302 e. The summed E-state index contributed by atoms with van der Waals surface area (Å²) in [7, 11) is 2.16. The monoisotopic (exact) mass is 253 g/mol. The molecule has 0 aromatic heterocycles. The molecule has 2 rings (SSSR count). The van der Waals surface area contributed by atoms with Crippen molar-refractivity contribution in [2.45, 2.75) is 46.6 Å². The lowest BCUT2D eigenvalue weighted by Gasteiger charge is -2.26. The highest BCUT2D eigenvalue weighted by Crippen LogP contribution is 2.29. The summed E-state index contributed by atoms with van der Waals surface area (Å²) in [6.45, 7) is 8.37. The number of benzene rings is 1. The fourth-order valence-electron chi connectivity index (χ4n) is 2.26. The summed E-state index contributed by atoms with van der Waals surface area (Å²) in [6.07, 6.45) is 3.36. The highest BCUT2D eigenvalue weighted by Gasteiger charge is 2.17. The molecule has 0 N–H and O–H groups in total. The highest BCUT2D eigenvalue weighted by atomic mass is 35.5. The second-order valence-electron chi connectivity index (χ2n) is 4.41. The van der Waals surface area contributed by atoms with Gasteiger partial charge in [-0.25, -0.2) is 0 Å². The fourth-order valence-corrected chi connectivity index (χ4v) is 2.64. The Morgan fingerprint density at radius 2 is 2.00 bits per heavy atom. The Labute approximate surface area is 111 Å². The predicted molar refractivity (Wildman–Crippen MR) is 76.8 cm³/mol. The number of fused-ring (bicyclic) bond motifs is 1. The van der Waals surface area contributed by atoms with E-state index in [2.05, 4.69) is 31.0 Å². The van der Waals surface area contributed by atoms with Gasteiger partial charge in [0, 0.05) is 18.1 Å². The van der Waals surface area contributed by atoms with Gasteiger partial charge < -0.3 is 4.90 Å². The predicted octanol–water partition coefficient (Wildman–Crippen LogP) is 4.31. The molecule has 0 fully saturated rings. The van der Waals surface area contributed by atoms with Gasteiger partial charge in [-0.1, -0.05) is 50.9 Å². The lowest BCUT2D eigenvalue weighted by Crippen LogP contribution is -2.26. The number of rotatable bonds is 2. The molecule has 1 aliphatic heterocycles. The van der Waals surface area contributed by atoms with E-state index in [4.69, 9.17) is 11.6 Å². The van der Waals surface area contributed by atoms with Crippen LogP contribution in [0.4, 0.5) is 0 Å². The second kappa shape index (κ2) is 7.03. The van der Waals surface area contributed by atoms with Gasteiger partial charge in [0.15, 0.2) is 0 Å². The average Bonchev–Trinajstić information content (AvgIpc) is 2.35. The van der Waals surface area contributed by atoms with Crippen LogP contribution < -0.4 is 0 Å². The van der Waals surface area contributed by atoms with Crippen LogP contribution in [0.3, 0.4) is 0 Å². The quantitative estimate of drug-likeness (QED) is 0.759. The van der Waals surface area contributed by atoms with E-state index in [0.29, 0.717) is 0 Å². The van der Waals surface area contributed by atoms with Crippen LogP contribution in [-0.4, -0.2) is 18.5 Å². The zero-order chi connectivity index (χ0) is 12.8. The standard InChI is InChI=1S/C13H18ClN.C2H6/c1-3-4-10-5-6-11-9-15(2)8-7-12(11)13(10)14;1-2/h5-6H,3-4,7-9H2,1-2H3;1-2H3. The van der Waals surface area contributed by atoms with Gasteiger partial charge in [-0.2, -0.15) is 0 Å². The lowest BCUT2D eigenvalue weighted by molar-refractivity contribution is 0.313. The van der Waals surface area contributed by atoms with Gasteiger partial charge in [0.25, 0.3) is 0 Å². The number of hydrogen-bond acceptors (Lipinski definition) is 1. The summed E-state index contributed by atoms with van der Waals surface area (Å²) in [4.78, 5) is 2.35. The molecule has 0 saturated heterocycles. The maximum atomic E-state index is 6.43. The van der Waals surface area contributed by atoms with Crippen molar-refractivity contribution in [1.29, 1.82) is 0 Å². The van der Waals surface area contributed by atoms with Gasteiger partial charge in [-0.05, 0) is 36.6 Å². The molecule has 0 unspecified atom stereocenters. The van der Waals surface area contributed by atoms with E-state index < -0.39 is 0 Å². The van der Waals surface area contributed by atoms with E-state index in [1.54, 1.807) is 0 Å². The van der Waals surface area contributed by atoms with Crippen LogP contribution in [0.5, 0.6) is 0 Å². The van der Waals surface area contributed by atoms with E-state index in [1.807, 2.05) is 13.8 Å². The molecular weight excluding hydrogens is 230 g/mol. The van der Waals surface area contributed by atoms with E-state index >= 15 is 0 Å². The Hall–Kier alpha value is -0.530. The third kappa shape index (κ3) is 3.46. The van der Waals surface area contributed by atoms with Crippen molar-refractivity contribution in [3.63, 3.8) is 0 Å². The van der Waals surface area contributed by atoms with E-state index in [1.165, 1.54) is 23.1 Å². The SMILES string of the molecule is CC.CCCc1ccc2c(c1Cl)CCN(C)C2. The molecule has 1 heterocycles. The van der Waals surface area contributed by atoms with Crippen molar-refractivity contribution >= 4 is 11.6 Å². The first kappa shape index (κ1) is 14.5. The Balaban J connectivity index is 0.000000686. The van der Waals surface area contributed by atoms with Gasteiger partial charge in [0.05, 0.1) is 0 Å². The summed E-state index contributed by atoms with van der Waals surface area (Å²) in [5.41, 5.74) is 4.12. The number of aryl methyl sites for hydroxylation is 1. The molecule has 1 aromatic rings. The molecule has 96 valence electrons. The molecule has 0 atom stereocenters. The van der Waals surface area contributed by atoms with Crippen LogP contribution in [0, 0.1) is 0 Å². The van der Waals surface area contributed by atoms with Gasteiger partial charge in [0.2, 0.25) is 0 Å². The first-order chi connectivity index (χ1) is 8.22. The summed E-state index contributed by atoms with van der Waals surface area (Å²) >= 11 is 6.43. The Kier molecular flexibility index (Phi) is 6.01. The third-order valence-corrected chi connectivity index (χ3v) is 3.59. The summed E-state index contributed by atoms with van der Waals surface area (Å²) in [6, 6.07) is 4.45. The molecule has 1 aromatic carbocycles. The average molecular weight is 254 g/mol. The van der Waals surface area contributed by atoms with Crippen LogP contribution in [0.15, 0.2) is 12.1 Å². The number of likely N-dealkylation sites (N-methyl/N-ethyl adjacent to an activating group) is 1. The second-order valence-corrected chi connectivity index (χ2v) is 4.79. The third-order valence-electron chi connectivity index (χ3n) is 3.12. The molecule has 1 aliphatic rings. The van der Waals surface area contributed by atoms with Gasteiger partial charge in [-0.3, -0.25) is 0 Å². The van der Waals surface area contributed by atoms with Crippen LogP contribution >= 0.6 is 11.6 Å². The molecule has 1 nitrogen and oxygen atoms in total. The lowest BCUT2D eigenvalue weighted by atomic mass is 9.96. The van der Waals surface area contributed by atoms with Gasteiger partial charge in [-0.15, -0.1) is 0 Å². The van der Waals surface area contributed by atoms with Crippen molar-refractivity contribution < 1.29 is 0 Å². The van der Waals surface area contributed by atoms with Crippen LogP contribution in [0.25, 0.3) is 0 Å². The number of nitrogens with zero attached hydrogens (tertiary/aromatic N) is 1. The smallest absolute Gasteiger partial charge is 0.0473 e. The van der Waals surface area contributed by atoms with Crippen molar-refractivity contribution in [2.24, 2.45) is 0 Å². The first-order valence-corrected chi connectivity index (χ1v) is 7.08. The van der Waals surface area contributed by atoms with Crippen molar-refractivity contribution in [1.82, 2.24) is 4.90 Å². The van der Waals surface area contributed by atoms with E-state index in [-0.39, 0.29) is 0 Å². The minimum atomic E-state index is 1.03. The number of hydrogen-bond donors (Lipinski definition) is 0. The summed E-state index contributed by atoms with van der Waals surface area (Å²) < 4.78 is 0. The maximum absolute atomic E-state index is 6.43. The highest BCUT2D eigenvalue weighted by molar-refractivity contribution is 6.32. The molecule has 2 heteroatoms. The molecular formula is C15H24ClN. The molecule has 17 heavy (non-hydrogen) atoms. The summed E-state index contributed by atoms with van der Waals surface area (Å²) in [5.74, 6) is 0. The Bertz CT molecular complexity index is 360. The minimum absolute atomic E-state index is 1.03. The maximum Gasteiger partial charge on any atom is 0.0473 e. The zero-order valence-electron chi connectivity index (χ0n) is 11.5. The summed E-state index contributed by atoms with van der Waals surface area (Å²) in [5, 5.41) is 1.03. The van der Waals surface area contributed by atoms with Crippen LogP contribution in [0.1, 0.15) is 43.9 Å². The molecule has 0 saturated carbocycles.